The van der Waals surface area contributed by atoms with Gasteiger partial charge in [-0.25, -0.2) is 4.79 Å². The van der Waals surface area contributed by atoms with Crippen molar-refractivity contribution in [2.24, 2.45) is 0 Å². The number of carbonyl (C=O) groups excluding carboxylic acids is 1. The molecule has 0 aliphatic carbocycles. The zero-order valence-electron chi connectivity index (χ0n) is 16.9. The van der Waals surface area contributed by atoms with Crippen molar-refractivity contribution in [2.75, 3.05) is 19.8 Å². The number of rotatable bonds is 9. The zero-order chi connectivity index (χ0) is 20.6. The van der Waals surface area contributed by atoms with Crippen LogP contribution in [0, 0.1) is 6.92 Å². The molecule has 0 saturated heterocycles. The quantitative estimate of drug-likeness (QED) is 0.284. The van der Waals surface area contributed by atoms with Crippen molar-refractivity contribution in [1.29, 1.82) is 0 Å². The van der Waals surface area contributed by atoms with Crippen LogP contribution >= 0.6 is 0 Å². The number of fused-ring (bicyclic) bond motifs is 1. The van der Waals surface area contributed by atoms with Crippen LogP contribution in [0.15, 0.2) is 72.8 Å². The molecule has 4 nitrogen and oxygen atoms in total. The topological polar surface area (TPSA) is 44.8 Å². The Morgan fingerprint density at radius 3 is 2.31 bits per heavy atom. The molecule has 150 valence electrons. The summed E-state index contributed by atoms with van der Waals surface area (Å²) in [5, 5.41) is 1.98. The number of hydrogen-bond donors (Lipinski definition) is 0. The van der Waals surface area contributed by atoms with Crippen LogP contribution in [0.3, 0.4) is 0 Å². The second-order valence-electron chi connectivity index (χ2n) is 6.92. The van der Waals surface area contributed by atoms with Gasteiger partial charge in [0, 0.05) is 22.8 Å². The Hall–Kier alpha value is -3.27. The maximum atomic E-state index is 11.5. The molecule has 0 heterocycles. The van der Waals surface area contributed by atoms with E-state index in [0.29, 0.717) is 12.2 Å². The Kier molecular flexibility index (Phi) is 6.90. The highest BCUT2D eigenvalue weighted by Gasteiger charge is 2.12. The second-order valence-corrected chi connectivity index (χ2v) is 6.92. The van der Waals surface area contributed by atoms with Crippen molar-refractivity contribution < 1.29 is 19.0 Å². The van der Waals surface area contributed by atoms with Crippen molar-refractivity contribution in [2.45, 2.75) is 20.3 Å². The van der Waals surface area contributed by atoms with Gasteiger partial charge in [0.25, 0.3) is 0 Å². The standard InChI is InChI=1S/C25H26O4/c1-18(2)25(26)29-16-15-28-24-19(3)17-23(21-11-7-8-12-22(21)24)27-14-13-20-9-5-4-6-10-20/h4-12,17H,1,13-16H2,2-3H3. The van der Waals surface area contributed by atoms with Gasteiger partial charge in [-0.15, -0.1) is 0 Å². The van der Waals surface area contributed by atoms with Gasteiger partial charge in [0.05, 0.1) is 6.61 Å². The summed E-state index contributed by atoms with van der Waals surface area (Å²) < 4.78 is 17.2. The summed E-state index contributed by atoms with van der Waals surface area (Å²) in [5.74, 6) is 1.22. The number of hydrogen-bond acceptors (Lipinski definition) is 4. The van der Waals surface area contributed by atoms with E-state index in [-0.39, 0.29) is 13.2 Å². The van der Waals surface area contributed by atoms with Crippen molar-refractivity contribution in [3.8, 4) is 11.5 Å². The summed E-state index contributed by atoms with van der Waals surface area (Å²) in [6.07, 6.45) is 0.848. The Labute approximate surface area is 171 Å². The van der Waals surface area contributed by atoms with E-state index >= 15 is 0 Å². The van der Waals surface area contributed by atoms with Gasteiger partial charge in [0.1, 0.15) is 24.7 Å². The molecule has 0 fully saturated rings. The first-order valence-electron chi connectivity index (χ1n) is 9.71. The van der Waals surface area contributed by atoms with Gasteiger partial charge in [-0.05, 0) is 31.0 Å². The summed E-state index contributed by atoms with van der Waals surface area (Å²) >= 11 is 0. The van der Waals surface area contributed by atoms with Crippen LogP contribution in [-0.4, -0.2) is 25.8 Å². The first kappa shape index (κ1) is 20.5. The average molecular weight is 390 g/mol. The van der Waals surface area contributed by atoms with E-state index in [4.69, 9.17) is 14.2 Å². The van der Waals surface area contributed by atoms with E-state index < -0.39 is 5.97 Å². The summed E-state index contributed by atoms with van der Waals surface area (Å²) in [6.45, 7) is 8.24. The normalized spacial score (nSPS) is 10.6. The fraction of sp³-hybridized carbons (Fsp3) is 0.240. The number of esters is 1. The minimum Gasteiger partial charge on any atom is -0.493 e. The lowest BCUT2D eigenvalue weighted by Crippen LogP contribution is -2.13. The van der Waals surface area contributed by atoms with Crippen LogP contribution in [0.25, 0.3) is 10.8 Å². The maximum absolute atomic E-state index is 11.5. The molecule has 0 spiro atoms. The zero-order valence-corrected chi connectivity index (χ0v) is 16.9. The maximum Gasteiger partial charge on any atom is 0.333 e. The monoisotopic (exact) mass is 390 g/mol. The molecule has 0 aromatic heterocycles. The van der Waals surface area contributed by atoms with Gasteiger partial charge in [0.2, 0.25) is 0 Å². The van der Waals surface area contributed by atoms with Crippen LogP contribution in [0.5, 0.6) is 11.5 Å². The van der Waals surface area contributed by atoms with Gasteiger partial charge in [-0.2, -0.15) is 0 Å². The number of aryl methyl sites for hydroxylation is 1. The molecule has 0 amide bonds. The number of benzene rings is 3. The van der Waals surface area contributed by atoms with Crippen molar-refractivity contribution in [1.82, 2.24) is 0 Å². The van der Waals surface area contributed by atoms with Gasteiger partial charge in [-0.1, -0.05) is 61.2 Å². The number of carbonyl (C=O) groups is 1. The minimum atomic E-state index is -0.405. The Morgan fingerprint density at radius 1 is 0.897 bits per heavy atom. The third kappa shape index (κ3) is 5.38. The van der Waals surface area contributed by atoms with Crippen molar-refractivity contribution in [3.63, 3.8) is 0 Å². The lowest BCUT2D eigenvalue weighted by Gasteiger charge is -2.16. The molecule has 0 aliphatic rings. The molecule has 0 N–H and O–H groups in total. The molecule has 0 aliphatic heterocycles. The average Bonchev–Trinajstić information content (AvgIpc) is 2.73. The largest absolute Gasteiger partial charge is 0.493 e. The molecule has 0 radical (unpaired) electrons. The molecular weight excluding hydrogens is 364 g/mol. The SMILES string of the molecule is C=C(C)C(=O)OCCOc1c(C)cc(OCCc2ccccc2)c2ccccc12. The third-order valence-corrected chi connectivity index (χ3v) is 4.55. The van der Waals surface area contributed by atoms with Gasteiger partial charge >= 0.3 is 5.97 Å². The second kappa shape index (κ2) is 9.78. The summed E-state index contributed by atoms with van der Waals surface area (Å²) in [6, 6.07) is 20.3. The van der Waals surface area contributed by atoms with E-state index in [0.717, 1.165) is 34.3 Å². The molecule has 3 aromatic rings. The Morgan fingerprint density at radius 2 is 1.59 bits per heavy atom. The van der Waals surface area contributed by atoms with E-state index in [1.165, 1.54) is 5.56 Å². The van der Waals surface area contributed by atoms with Crippen molar-refractivity contribution >= 4 is 16.7 Å². The molecule has 0 atom stereocenters. The van der Waals surface area contributed by atoms with Crippen molar-refractivity contribution in [3.05, 3.63) is 83.9 Å². The van der Waals surface area contributed by atoms with Crippen LogP contribution < -0.4 is 9.47 Å². The summed E-state index contributed by atoms with van der Waals surface area (Å²) in [4.78, 5) is 11.5. The Balaban J connectivity index is 1.70. The van der Waals surface area contributed by atoms with E-state index in [1.807, 2.05) is 55.5 Å². The van der Waals surface area contributed by atoms with Gasteiger partial charge in [0.15, 0.2) is 0 Å². The summed E-state index contributed by atoms with van der Waals surface area (Å²) in [7, 11) is 0. The lowest BCUT2D eigenvalue weighted by molar-refractivity contribution is -0.139. The van der Waals surface area contributed by atoms with Crippen LogP contribution in [-0.2, 0) is 16.0 Å². The summed E-state index contributed by atoms with van der Waals surface area (Å²) in [5.41, 5.74) is 2.60. The third-order valence-electron chi connectivity index (χ3n) is 4.55. The fourth-order valence-corrected chi connectivity index (χ4v) is 3.08. The molecule has 29 heavy (non-hydrogen) atoms. The first-order chi connectivity index (χ1) is 14.1. The highest BCUT2D eigenvalue weighted by Crippen LogP contribution is 2.36. The highest BCUT2D eigenvalue weighted by molar-refractivity contribution is 5.94. The van der Waals surface area contributed by atoms with Gasteiger partial charge in [-0.3, -0.25) is 0 Å². The van der Waals surface area contributed by atoms with Gasteiger partial charge < -0.3 is 14.2 Å². The molecule has 3 aromatic carbocycles. The minimum absolute atomic E-state index is 0.175. The highest BCUT2D eigenvalue weighted by atomic mass is 16.6. The molecule has 0 saturated carbocycles. The van der Waals surface area contributed by atoms with E-state index in [1.54, 1.807) is 6.92 Å². The molecule has 3 rings (SSSR count). The van der Waals surface area contributed by atoms with E-state index in [2.05, 4.69) is 18.7 Å². The molecule has 0 bridgehead atoms. The molecule has 0 unspecified atom stereocenters. The van der Waals surface area contributed by atoms with Crippen LogP contribution in [0.1, 0.15) is 18.1 Å². The first-order valence-corrected chi connectivity index (χ1v) is 9.71. The smallest absolute Gasteiger partial charge is 0.333 e. The fourth-order valence-electron chi connectivity index (χ4n) is 3.08. The molecular formula is C25H26O4. The Bertz CT molecular complexity index is 992. The number of ether oxygens (including phenoxy) is 3. The van der Waals surface area contributed by atoms with Crippen LogP contribution in [0.2, 0.25) is 0 Å². The van der Waals surface area contributed by atoms with E-state index in [9.17, 15) is 4.79 Å². The lowest BCUT2D eigenvalue weighted by atomic mass is 10.0. The van der Waals surface area contributed by atoms with Crippen LogP contribution in [0.4, 0.5) is 0 Å². The predicted octanol–water partition coefficient (Wildman–Crippen LogP) is 5.27. The molecule has 4 heteroatoms. The predicted molar refractivity (Wildman–Crippen MR) is 116 cm³/mol.